The van der Waals surface area contributed by atoms with Gasteiger partial charge in [-0.05, 0) is 13.0 Å². The maximum Gasteiger partial charge on any atom is 0.417 e. The van der Waals surface area contributed by atoms with Crippen LogP contribution in [0.15, 0.2) is 17.3 Å². The summed E-state index contributed by atoms with van der Waals surface area (Å²) in [5.41, 5.74) is 0.547. The molecule has 0 spiro atoms. The molecule has 2 atom stereocenters. The molecule has 0 aromatic heterocycles. The van der Waals surface area contributed by atoms with E-state index in [1.807, 2.05) is 0 Å². The van der Waals surface area contributed by atoms with E-state index in [2.05, 4.69) is 9.98 Å². The Labute approximate surface area is 110 Å². The molecule has 3 amide bonds. The fraction of sp³-hybridized carbons (Fsp3) is 0.500. The van der Waals surface area contributed by atoms with E-state index in [1.54, 1.807) is 26.2 Å². The lowest BCUT2D eigenvalue weighted by Crippen LogP contribution is -2.79. The molecule has 0 aromatic rings. The SMILES string of the molecule is CC(O)CN=C1C=C[NH+]=C2C1C(=O)N(C)C(=O)N2C. The highest BCUT2D eigenvalue weighted by Crippen LogP contribution is 2.17. The average Bonchev–Trinajstić information content (AvgIpc) is 2.39. The third-order valence-corrected chi connectivity index (χ3v) is 3.11. The molecule has 19 heavy (non-hydrogen) atoms. The number of fused-ring (bicyclic) bond motifs is 1. The molecular weight excluding hydrogens is 248 g/mol. The number of aliphatic hydroxyl groups is 1. The van der Waals surface area contributed by atoms with Gasteiger partial charge in [0.25, 0.3) is 11.7 Å². The van der Waals surface area contributed by atoms with Crippen molar-refractivity contribution in [2.45, 2.75) is 13.0 Å². The highest BCUT2D eigenvalue weighted by molar-refractivity contribution is 6.30. The Bertz CT molecular complexity index is 507. The van der Waals surface area contributed by atoms with Crippen LogP contribution in [0.4, 0.5) is 4.79 Å². The lowest BCUT2D eigenvalue weighted by Gasteiger charge is -2.31. The summed E-state index contributed by atoms with van der Waals surface area (Å²) < 4.78 is 0. The predicted molar refractivity (Wildman–Crippen MR) is 68.5 cm³/mol. The molecule has 0 aromatic carbocycles. The van der Waals surface area contributed by atoms with E-state index < -0.39 is 12.0 Å². The van der Waals surface area contributed by atoms with Gasteiger partial charge in [-0.25, -0.2) is 14.7 Å². The molecule has 2 N–H and O–H groups in total. The fourth-order valence-corrected chi connectivity index (χ4v) is 2.06. The lowest BCUT2D eigenvalue weighted by molar-refractivity contribution is -0.382. The van der Waals surface area contributed by atoms with Gasteiger partial charge >= 0.3 is 6.03 Å². The highest BCUT2D eigenvalue weighted by atomic mass is 16.3. The van der Waals surface area contributed by atoms with E-state index in [4.69, 9.17) is 0 Å². The molecule has 102 valence electrons. The fourth-order valence-electron chi connectivity index (χ4n) is 2.06. The molecule has 7 heteroatoms. The van der Waals surface area contributed by atoms with Crippen LogP contribution in [0.25, 0.3) is 0 Å². The van der Waals surface area contributed by atoms with Crippen molar-refractivity contribution in [3.63, 3.8) is 0 Å². The molecule has 2 aliphatic heterocycles. The third kappa shape index (κ3) is 2.28. The Morgan fingerprint density at radius 2 is 2.11 bits per heavy atom. The van der Waals surface area contributed by atoms with E-state index in [0.717, 1.165) is 4.90 Å². The van der Waals surface area contributed by atoms with Crippen LogP contribution in [0.5, 0.6) is 0 Å². The number of nitrogens with zero attached hydrogens (tertiary/aromatic N) is 3. The van der Waals surface area contributed by atoms with Crippen molar-refractivity contribution in [2.24, 2.45) is 10.9 Å². The van der Waals surface area contributed by atoms with Crippen LogP contribution in [0.1, 0.15) is 6.92 Å². The molecule has 0 aliphatic carbocycles. The molecule has 0 radical (unpaired) electrons. The van der Waals surface area contributed by atoms with Gasteiger partial charge in [-0.15, -0.1) is 0 Å². The van der Waals surface area contributed by atoms with Crippen molar-refractivity contribution >= 4 is 23.5 Å². The first-order chi connectivity index (χ1) is 8.93. The maximum absolute atomic E-state index is 12.2. The molecular formula is C12H17N4O3+. The van der Waals surface area contributed by atoms with Crippen LogP contribution in [0, 0.1) is 5.92 Å². The minimum absolute atomic E-state index is 0.220. The van der Waals surface area contributed by atoms with Crippen molar-refractivity contribution in [3.05, 3.63) is 12.3 Å². The van der Waals surface area contributed by atoms with Crippen molar-refractivity contribution in [2.75, 3.05) is 20.6 Å². The first-order valence-corrected chi connectivity index (χ1v) is 6.01. The van der Waals surface area contributed by atoms with E-state index in [-0.39, 0.29) is 18.5 Å². The first kappa shape index (κ1) is 13.4. The van der Waals surface area contributed by atoms with Crippen molar-refractivity contribution in [1.29, 1.82) is 0 Å². The van der Waals surface area contributed by atoms with Crippen LogP contribution in [0.3, 0.4) is 0 Å². The molecule has 0 bridgehead atoms. The summed E-state index contributed by atoms with van der Waals surface area (Å²) in [5, 5.41) is 9.28. The van der Waals surface area contributed by atoms with E-state index in [0.29, 0.717) is 11.5 Å². The van der Waals surface area contributed by atoms with Crippen LogP contribution in [-0.4, -0.2) is 65.1 Å². The topological polar surface area (TPSA) is 87.2 Å². The number of aliphatic hydroxyl groups excluding tert-OH is 1. The summed E-state index contributed by atoms with van der Waals surface area (Å²) in [5.74, 6) is -0.435. The molecule has 2 heterocycles. The summed E-state index contributed by atoms with van der Waals surface area (Å²) in [4.78, 5) is 33.7. The van der Waals surface area contributed by atoms with E-state index in [1.165, 1.54) is 11.9 Å². The summed E-state index contributed by atoms with van der Waals surface area (Å²) in [7, 11) is 3.05. The van der Waals surface area contributed by atoms with Gasteiger partial charge in [0.1, 0.15) is 0 Å². The molecule has 1 fully saturated rings. The molecule has 2 aliphatic rings. The number of amidine groups is 1. The number of allylic oxidation sites excluding steroid dienone is 1. The summed E-state index contributed by atoms with van der Waals surface area (Å²) in [6, 6.07) is -0.381. The van der Waals surface area contributed by atoms with Gasteiger partial charge in [-0.3, -0.25) is 9.79 Å². The standard InChI is InChI=1S/C12H16N4O3/c1-7(17)6-14-8-4-5-13-10-9(8)11(18)16(3)12(19)15(10)2/h4-5,7,9,17H,6H2,1-3H3/p+1. The molecule has 7 nitrogen and oxygen atoms in total. The second-order valence-electron chi connectivity index (χ2n) is 4.65. The zero-order valence-electron chi connectivity index (χ0n) is 11.1. The number of nitrogens with one attached hydrogen (secondary N) is 1. The van der Waals surface area contributed by atoms with Crippen molar-refractivity contribution in [1.82, 2.24) is 9.80 Å². The lowest BCUT2D eigenvalue weighted by atomic mass is 9.95. The molecule has 2 rings (SSSR count). The van der Waals surface area contributed by atoms with Crippen LogP contribution >= 0.6 is 0 Å². The van der Waals surface area contributed by atoms with Crippen LogP contribution in [-0.2, 0) is 4.79 Å². The number of amides is 3. The highest BCUT2D eigenvalue weighted by Gasteiger charge is 2.49. The van der Waals surface area contributed by atoms with Gasteiger partial charge in [0, 0.05) is 7.05 Å². The number of carbonyl (C=O) groups is 2. The maximum atomic E-state index is 12.2. The summed E-state index contributed by atoms with van der Waals surface area (Å²) in [6.07, 6.45) is 2.75. The third-order valence-electron chi connectivity index (χ3n) is 3.11. The van der Waals surface area contributed by atoms with Crippen molar-refractivity contribution in [3.8, 4) is 0 Å². The smallest absolute Gasteiger partial charge is 0.391 e. The Hall–Kier alpha value is -2.02. The number of urea groups is 1. The number of imide groups is 1. The van der Waals surface area contributed by atoms with Gasteiger partial charge in [0.05, 0.1) is 31.6 Å². The quantitative estimate of drug-likeness (QED) is 0.603. The van der Waals surface area contributed by atoms with Crippen LogP contribution < -0.4 is 4.99 Å². The zero-order chi connectivity index (χ0) is 14.2. The Morgan fingerprint density at radius 3 is 2.74 bits per heavy atom. The number of carbonyl (C=O) groups excluding carboxylic acids is 2. The van der Waals surface area contributed by atoms with Gasteiger partial charge in [-0.2, -0.15) is 4.90 Å². The van der Waals surface area contributed by atoms with Gasteiger partial charge < -0.3 is 5.11 Å². The number of hydrogen-bond donors (Lipinski definition) is 2. The minimum Gasteiger partial charge on any atom is -0.391 e. The monoisotopic (exact) mass is 265 g/mol. The van der Waals surface area contributed by atoms with E-state index >= 15 is 0 Å². The Balaban J connectivity index is 2.37. The summed E-state index contributed by atoms with van der Waals surface area (Å²) >= 11 is 0. The largest absolute Gasteiger partial charge is 0.417 e. The molecule has 0 saturated carbocycles. The second-order valence-corrected chi connectivity index (χ2v) is 4.65. The Morgan fingerprint density at radius 1 is 1.42 bits per heavy atom. The normalized spacial score (nSPS) is 26.6. The van der Waals surface area contributed by atoms with Gasteiger partial charge in [0.2, 0.25) is 0 Å². The molecule has 1 saturated heterocycles. The van der Waals surface area contributed by atoms with Crippen molar-refractivity contribution < 1.29 is 19.7 Å². The second kappa shape index (κ2) is 4.93. The zero-order valence-corrected chi connectivity index (χ0v) is 11.1. The minimum atomic E-state index is -0.614. The van der Waals surface area contributed by atoms with Crippen LogP contribution in [0.2, 0.25) is 0 Å². The molecule has 2 unspecified atom stereocenters. The number of aliphatic imine (C=N–C) groups is 1. The summed E-state index contributed by atoms with van der Waals surface area (Å²) in [6.45, 7) is 1.85. The van der Waals surface area contributed by atoms with Gasteiger partial charge in [0.15, 0.2) is 5.92 Å². The average molecular weight is 265 g/mol. The van der Waals surface area contributed by atoms with Gasteiger partial charge in [-0.1, -0.05) is 0 Å². The number of rotatable bonds is 2. The number of hydrogen-bond acceptors (Lipinski definition) is 4. The predicted octanol–water partition coefficient (Wildman–Crippen LogP) is -2.05. The van der Waals surface area contributed by atoms with E-state index in [9.17, 15) is 14.7 Å². The Kier molecular flexibility index (Phi) is 3.48. The first-order valence-electron chi connectivity index (χ1n) is 6.01.